The van der Waals surface area contributed by atoms with Crippen LogP contribution in [0.2, 0.25) is 0 Å². The molecule has 0 amide bonds. The van der Waals surface area contributed by atoms with Crippen molar-refractivity contribution in [2.45, 2.75) is 36.4 Å². The SMILES string of the molecule is [2H]C1([2H])c2ccc(OC)c3c2[C@]24CCN(C)[C@H]1[C@@H]2C=CC(O)C4([2H])O3. The fraction of sp³-hybridized carbons (Fsp3) is 0.556. The van der Waals surface area contributed by atoms with Crippen molar-refractivity contribution in [1.29, 1.82) is 0 Å². The van der Waals surface area contributed by atoms with Crippen LogP contribution in [-0.2, 0) is 11.8 Å². The first-order chi connectivity index (χ1) is 11.8. The molecule has 0 radical (unpaired) electrons. The summed E-state index contributed by atoms with van der Waals surface area (Å²) in [6.07, 6.45) is -0.0759. The second-order valence-corrected chi connectivity index (χ2v) is 6.63. The molecule has 2 unspecified atom stereocenters. The van der Waals surface area contributed by atoms with Crippen molar-refractivity contribution in [3.63, 3.8) is 0 Å². The molecule has 5 atom stereocenters. The Bertz CT molecular complexity index is 813. The highest BCUT2D eigenvalue weighted by Crippen LogP contribution is 2.62. The molecule has 4 aliphatic rings. The minimum Gasteiger partial charge on any atom is -0.493 e. The van der Waals surface area contributed by atoms with E-state index in [9.17, 15) is 5.11 Å². The summed E-state index contributed by atoms with van der Waals surface area (Å²) in [5.74, 6) is 0.686. The van der Waals surface area contributed by atoms with Gasteiger partial charge in [0.1, 0.15) is 12.2 Å². The number of nitrogens with zero attached hydrogens (tertiary/aromatic N) is 1. The predicted octanol–water partition coefficient (Wildman–Crippen LogP) is 1.50. The molecule has 1 aromatic carbocycles. The largest absolute Gasteiger partial charge is 0.493 e. The number of ether oxygens (including phenoxy) is 2. The molecule has 4 heteroatoms. The average Bonchev–Trinajstić information content (AvgIpc) is 2.84. The van der Waals surface area contributed by atoms with E-state index in [0.29, 0.717) is 30.0 Å². The van der Waals surface area contributed by atoms with Gasteiger partial charge in [0.25, 0.3) is 0 Å². The van der Waals surface area contributed by atoms with Gasteiger partial charge in [-0.1, -0.05) is 18.2 Å². The number of rotatable bonds is 1. The summed E-state index contributed by atoms with van der Waals surface area (Å²) in [6.45, 7) is 0.654. The number of likely N-dealkylation sites (N-methyl/N-ethyl adjacent to an activating group) is 1. The molecule has 1 fully saturated rings. The molecule has 0 saturated carbocycles. The zero-order valence-corrected chi connectivity index (χ0v) is 12.7. The minimum atomic E-state index is -1.58. The van der Waals surface area contributed by atoms with Crippen molar-refractivity contribution in [2.75, 3.05) is 20.7 Å². The maximum Gasteiger partial charge on any atom is 0.165 e. The van der Waals surface area contributed by atoms with Gasteiger partial charge in [-0.05, 0) is 38.0 Å². The molecule has 1 N–H and O–H groups in total. The van der Waals surface area contributed by atoms with E-state index >= 15 is 0 Å². The number of hydrogen-bond donors (Lipinski definition) is 1. The summed E-state index contributed by atoms with van der Waals surface area (Å²) in [7, 11) is 3.48. The van der Waals surface area contributed by atoms with Crippen LogP contribution in [0, 0.1) is 5.92 Å². The lowest BCUT2D eigenvalue weighted by molar-refractivity contribution is -0.0453. The van der Waals surface area contributed by atoms with E-state index < -0.39 is 30.0 Å². The number of piperidine rings is 1. The highest BCUT2D eigenvalue weighted by Gasteiger charge is 2.64. The van der Waals surface area contributed by atoms with Crippen molar-refractivity contribution in [2.24, 2.45) is 5.92 Å². The molecule has 22 heavy (non-hydrogen) atoms. The van der Waals surface area contributed by atoms with Gasteiger partial charge in [-0.25, -0.2) is 0 Å². The van der Waals surface area contributed by atoms with Crippen molar-refractivity contribution in [3.05, 3.63) is 35.4 Å². The van der Waals surface area contributed by atoms with Gasteiger partial charge in [-0.2, -0.15) is 0 Å². The summed E-state index contributed by atoms with van der Waals surface area (Å²) >= 11 is 0. The van der Waals surface area contributed by atoms with E-state index in [2.05, 4.69) is 0 Å². The van der Waals surface area contributed by atoms with E-state index in [4.69, 9.17) is 13.6 Å². The Hall–Kier alpha value is -1.52. The Labute approximate surface area is 134 Å². The minimum absolute atomic E-state index is 0.233. The summed E-state index contributed by atoms with van der Waals surface area (Å²) in [5.41, 5.74) is 0.528. The molecular weight excluding hydrogens is 278 g/mol. The second kappa shape index (κ2) is 4.06. The first-order valence-corrected chi connectivity index (χ1v) is 7.76. The van der Waals surface area contributed by atoms with Gasteiger partial charge >= 0.3 is 0 Å². The van der Waals surface area contributed by atoms with Crippen molar-refractivity contribution in [1.82, 2.24) is 4.90 Å². The van der Waals surface area contributed by atoms with E-state index in [1.165, 1.54) is 0 Å². The number of likely N-dealkylation sites (tertiary alicyclic amines) is 1. The molecular formula is C18H21NO3. The number of benzene rings is 1. The molecule has 4 nitrogen and oxygen atoms in total. The zero-order chi connectivity index (χ0) is 17.8. The lowest BCUT2D eigenvalue weighted by atomic mass is 9.53. The van der Waals surface area contributed by atoms with E-state index in [1.54, 1.807) is 25.3 Å². The van der Waals surface area contributed by atoms with Crippen LogP contribution in [0.1, 0.15) is 21.7 Å². The third-order valence-electron chi connectivity index (χ3n) is 5.75. The maximum absolute atomic E-state index is 10.7. The smallest absolute Gasteiger partial charge is 0.165 e. The Morgan fingerprint density at radius 1 is 1.50 bits per heavy atom. The first-order valence-electron chi connectivity index (χ1n) is 9.26. The lowest BCUT2D eigenvalue weighted by Crippen LogP contribution is -2.64. The normalized spacial score (nSPS) is 48.7. The Kier molecular flexibility index (Phi) is 1.90. The van der Waals surface area contributed by atoms with Gasteiger partial charge in [-0.15, -0.1) is 0 Å². The highest BCUT2D eigenvalue weighted by molar-refractivity contribution is 5.62. The number of methoxy groups -OCH3 is 1. The lowest BCUT2D eigenvalue weighted by Gasteiger charge is -2.56. The number of aliphatic hydroxyl groups excluding tert-OH is 1. The van der Waals surface area contributed by atoms with Crippen molar-refractivity contribution in [3.8, 4) is 11.5 Å². The third kappa shape index (κ3) is 1.28. The molecule has 5 rings (SSSR count). The van der Waals surface area contributed by atoms with Crippen LogP contribution >= 0.6 is 0 Å². The quantitative estimate of drug-likeness (QED) is 0.798. The van der Waals surface area contributed by atoms with Crippen molar-refractivity contribution >= 4 is 0 Å². The molecule has 1 spiro atoms. The average molecular weight is 302 g/mol. The Morgan fingerprint density at radius 3 is 3.18 bits per heavy atom. The van der Waals surface area contributed by atoms with Gasteiger partial charge in [-0.3, -0.25) is 0 Å². The summed E-state index contributed by atoms with van der Waals surface area (Å²) < 4.78 is 38.4. The molecule has 116 valence electrons. The molecule has 2 aliphatic carbocycles. The fourth-order valence-corrected chi connectivity index (χ4v) is 4.76. The summed E-state index contributed by atoms with van der Waals surface area (Å²) in [4.78, 5) is 2.05. The maximum atomic E-state index is 10.7. The number of hydrogen-bond acceptors (Lipinski definition) is 4. The van der Waals surface area contributed by atoms with Gasteiger partial charge in [0, 0.05) is 25.7 Å². The second-order valence-electron chi connectivity index (χ2n) is 6.63. The fourth-order valence-electron chi connectivity index (χ4n) is 4.76. The Morgan fingerprint density at radius 2 is 2.36 bits per heavy atom. The molecule has 1 aromatic rings. The van der Waals surface area contributed by atoms with Crippen molar-refractivity contribution < 1.29 is 18.7 Å². The van der Waals surface area contributed by atoms with Crippen LogP contribution in [0.3, 0.4) is 0 Å². The highest BCUT2D eigenvalue weighted by atomic mass is 16.5. The molecule has 2 heterocycles. The summed E-state index contributed by atoms with van der Waals surface area (Å²) in [5, 5.41) is 10.7. The van der Waals surface area contributed by atoms with E-state index in [-0.39, 0.29) is 5.92 Å². The monoisotopic (exact) mass is 302 g/mol. The van der Waals surface area contributed by atoms with Crippen LogP contribution in [0.5, 0.6) is 11.5 Å². The molecule has 1 saturated heterocycles. The predicted molar refractivity (Wildman–Crippen MR) is 82.5 cm³/mol. The molecule has 2 aliphatic heterocycles. The van der Waals surface area contributed by atoms with Crippen LogP contribution in [0.4, 0.5) is 0 Å². The topological polar surface area (TPSA) is 41.9 Å². The van der Waals surface area contributed by atoms with Crippen LogP contribution < -0.4 is 9.47 Å². The van der Waals surface area contributed by atoms with Gasteiger partial charge in [0.15, 0.2) is 11.5 Å². The molecule has 2 bridgehead atoms. The standard InChI is InChI=1S/C18H21NO3/c1-19-8-7-18-11-4-5-13(20)17(18)22-16-14(21-2)6-3-10(15(16)18)9-12(11)19/h3-6,11-13,17,20H,7-9H2,1-2H3/t11-,12+,13?,17?,18-/m0/s1/i9D2,17D. The molecule has 0 aromatic heterocycles. The third-order valence-corrected chi connectivity index (χ3v) is 5.75. The zero-order valence-electron chi connectivity index (χ0n) is 15.7. The number of aliphatic hydroxyl groups is 1. The van der Waals surface area contributed by atoms with Gasteiger partial charge in [0.05, 0.1) is 8.48 Å². The summed E-state index contributed by atoms with van der Waals surface area (Å²) in [6, 6.07) is 3.08. The van der Waals surface area contributed by atoms with Gasteiger partial charge < -0.3 is 19.5 Å². The first kappa shape index (κ1) is 10.3. The van der Waals surface area contributed by atoms with Crippen LogP contribution in [-0.4, -0.2) is 48.9 Å². The van der Waals surface area contributed by atoms with Crippen LogP contribution in [0.15, 0.2) is 24.3 Å². The van der Waals surface area contributed by atoms with E-state index in [0.717, 1.165) is 5.56 Å². The van der Waals surface area contributed by atoms with E-state index in [1.807, 2.05) is 18.0 Å². The van der Waals surface area contributed by atoms with Crippen LogP contribution in [0.25, 0.3) is 0 Å². The Balaban J connectivity index is 1.93. The van der Waals surface area contributed by atoms with Gasteiger partial charge in [0.2, 0.25) is 0 Å².